The van der Waals surface area contributed by atoms with Crippen molar-refractivity contribution in [1.82, 2.24) is 10.2 Å². The SMILES string of the molecule is CCCCNC(=O)C(C)N(Cc1ccccc1Cl)C(=O)CCCN(c1cccc(OC)c1)S(C)(=O)=O. The van der Waals surface area contributed by atoms with Gasteiger partial charge in [0.2, 0.25) is 21.8 Å². The van der Waals surface area contributed by atoms with Crippen LogP contribution < -0.4 is 14.4 Å². The first-order chi connectivity index (χ1) is 17.1. The van der Waals surface area contributed by atoms with Crippen LogP contribution in [0.4, 0.5) is 5.69 Å². The molecule has 0 aliphatic rings. The highest BCUT2D eigenvalue weighted by Gasteiger charge is 2.27. The lowest BCUT2D eigenvalue weighted by atomic mass is 10.1. The Bertz CT molecular complexity index is 1130. The van der Waals surface area contributed by atoms with Gasteiger partial charge in [-0.2, -0.15) is 0 Å². The van der Waals surface area contributed by atoms with Crippen molar-refractivity contribution in [3.63, 3.8) is 0 Å². The number of nitrogens with zero attached hydrogens (tertiary/aromatic N) is 2. The molecule has 2 rings (SSSR count). The topological polar surface area (TPSA) is 96.0 Å². The first kappa shape index (κ1) is 29.5. The lowest BCUT2D eigenvalue weighted by molar-refractivity contribution is -0.140. The number of anilines is 1. The summed E-state index contributed by atoms with van der Waals surface area (Å²) in [6.07, 6.45) is 3.25. The van der Waals surface area contributed by atoms with Crippen molar-refractivity contribution in [2.24, 2.45) is 0 Å². The number of sulfonamides is 1. The average molecular weight is 538 g/mol. The number of benzene rings is 2. The van der Waals surface area contributed by atoms with Crippen molar-refractivity contribution >= 4 is 39.1 Å². The molecule has 0 aromatic heterocycles. The van der Waals surface area contributed by atoms with Gasteiger partial charge in [-0.3, -0.25) is 13.9 Å². The molecule has 0 saturated carbocycles. The van der Waals surface area contributed by atoms with Crippen LogP contribution in [0.5, 0.6) is 5.75 Å². The minimum atomic E-state index is -3.59. The third kappa shape index (κ3) is 8.71. The van der Waals surface area contributed by atoms with Gasteiger partial charge in [0, 0.05) is 37.1 Å². The molecule has 2 aromatic rings. The van der Waals surface area contributed by atoms with E-state index in [9.17, 15) is 18.0 Å². The maximum absolute atomic E-state index is 13.3. The predicted octanol–water partition coefficient (Wildman–Crippen LogP) is 4.23. The van der Waals surface area contributed by atoms with Gasteiger partial charge in [0.25, 0.3) is 0 Å². The van der Waals surface area contributed by atoms with Crippen LogP contribution in [0, 0.1) is 0 Å². The fourth-order valence-electron chi connectivity index (χ4n) is 3.70. The molecular formula is C26H36ClN3O5S. The van der Waals surface area contributed by atoms with Crippen LogP contribution in [0.25, 0.3) is 0 Å². The highest BCUT2D eigenvalue weighted by molar-refractivity contribution is 7.92. The molecule has 0 aliphatic heterocycles. The number of hydrogen-bond donors (Lipinski definition) is 1. The Labute approximate surface area is 219 Å². The van der Waals surface area contributed by atoms with Crippen molar-refractivity contribution in [2.45, 2.75) is 52.1 Å². The molecule has 2 amide bonds. The van der Waals surface area contributed by atoms with Gasteiger partial charge in [-0.15, -0.1) is 0 Å². The Morgan fingerprint density at radius 2 is 1.83 bits per heavy atom. The van der Waals surface area contributed by atoms with Gasteiger partial charge >= 0.3 is 0 Å². The number of halogens is 1. The third-order valence-electron chi connectivity index (χ3n) is 5.79. The molecule has 0 bridgehead atoms. The normalized spacial score (nSPS) is 12.0. The molecule has 36 heavy (non-hydrogen) atoms. The van der Waals surface area contributed by atoms with Gasteiger partial charge in [-0.1, -0.05) is 49.2 Å². The van der Waals surface area contributed by atoms with Gasteiger partial charge in [0.05, 0.1) is 19.1 Å². The zero-order valence-corrected chi connectivity index (χ0v) is 22.9. The number of carbonyl (C=O) groups is 2. The Balaban J connectivity index is 2.17. The van der Waals surface area contributed by atoms with Gasteiger partial charge in [-0.05, 0) is 43.5 Å². The van der Waals surface area contributed by atoms with E-state index in [1.165, 1.54) is 16.3 Å². The van der Waals surface area contributed by atoms with Gasteiger partial charge in [0.1, 0.15) is 11.8 Å². The Hall–Kier alpha value is -2.78. The molecule has 0 heterocycles. The average Bonchev–Trinajstić information content (AvgIpc) is 2.85. The summed E-state index contributed by atoms with van der Waals surface area (Å²) in [4.78, 5) is 27.6. The summed E-state index contributed by atoms with van der Waals surface area (Å²) in [5.41, 5.74) is 1.19. The minimum Gasteiger partial charge on any atom is -0.497 e. The largest absolute Gasteiger partial charge is 0.497 e. The number of hydrogen-bond acceptors (Lipinski definition) is 5. The number of methoxy groups -OCH3 is 1. The zero-order valence-electron chi connectivity index (χ0n) is 21.4. The highest BCUT2D eigenvalue weighted by Crippen LogP contribution is 2.24. The van der Waals surface area contributed by atoms with Crippen molar-refractivity contribution < 1.29 is 22.7 Å². The van der Waals surface area contributed by atoms with Crippen LogP contribution in [-0.2, 0) is 26.2 Å². The third-order valence-corrected chi connectivity index (χ3v) is 7.35. The Kier molecular flexibility index (Phi) is 11.5. The summed E-state index contributed by atoms with van der Waals surface area (Å²) in [7, 11) is -2.08. The Morgan fingerprint density at radius 1 is 1.11 bits per heavy atom. The number of carbonyl (C=O) groups excluding carboxylic acids is 2. The molecule has 0 aliphatic carbocycles. The van der Waals surface area contributed by atoms with E-state index >= 15 is 0 Å². The second-order valence-electron chi connectivity index (χ2n) is 8.57. The minimum absolute atomic E-state index is 0.0625. The van der Waals surface area contributed by atoms with E-state index in [-0.39, 0.29) is 37.7 Å². The summed E-state index contributed by atoms with van der Waals surface area (Å²) in [5.74, 6) is 0.0382. The summed E-state index contributed by atoms with van der Waals surface area (Å²) < 4.78 is 31.4. The van der Waals surface area contributed by atoms with Crippen molar-refractivity contribution in [1.29, 1.82) is 0 Å². The maximum Gasteiger partial charge on any atom is 0.242 e. The van der Waals surface area contributed by atoms with Crippen LogP contribution in [0.1, 0.15) is 45.1 Å². The first-order valence-electron chi connectivity index (χ1n) is 12.0. The fraction of sp³-hybridized carbons (Fsp3) is 0.462. The van der Waals surface area contributed by atoms with Crippen molar-refractivity contribution in [3.05, 3.63) is 59.1 Å². The van der Waals surface area contributed by atoms with Gasteiger partial charge < -0.3 is 15.0 Å². The van der Waals surface area contributed by atoms with E-state index in [4.69, 9.17) is 16.3 Å². The van der Waals surface area contributed by atoms with Crippen molar-refractivity contribution in [2.75, 3.05) is 30.8 Å². The second-order valence-corrected chi connectivity index (χ2v) is 10.9. The first-order valence-corrected chi connectivity index (χ1v) is 14.2. The smallest absolute Gasteiger partial charge is 0.242 e. The molecule has 2 aromatic carbocycles. The molecule has 1 unspecified atom stereocenters. The molecule has 0 radical (unpaired) electrons. The number of amides is 2. The number of rotatable bonds is 14. The lowest BCUT2D eigenvalue weighted by Crippen LogP contribution is -2.48. The van der Waals surface area contributed by atoms with Gasteiger partial charge in [-0.25, -0.2) is 8.42 Å². The molecular weight excluding hydrogens is 502 g/mol. The van der Waals surface area contributed by atoms with Crippen LogP contribution in [0.2, 0.25) is 5.02 Å². The lowest BCUT2D eigenvalue weighted by Gasteiger charge is -2.29. The number of unbranched alkanes of at least 4 members (excludes halogenated alkanes) is 1. The maximum atomic E-state index is 13.3. The van der Waals surface area contributed by atoms with Crippen molar-refractivity contribution in [3.8, 4) is 5.75 Å². The second kappa shape index (κ2) is 14.1. The predicted molar refractivity (Wildman–Crippen MR) is 144 cm³/mol. The van der Waals surface area contributed by atoms with E-state index < -0.39 is 16.1 Å². The summed E-state index contributed by atoms with van der Waals surface area (Å²) in [6, 6.07) is 13.2. The summed E-state index contributed by atoms with van der Waals surface area (Å²) in [6.45, 7) is 4.54. The number of ether oxygens (including phenoxy) is 1. The molecule has 0 saturated heterocycles. The fourth-order valence-corrected chi connectivity index (χ4v) is 4.85. The highest BCUT2D eigenvalue weighted by atomic mass is 35.5. The van der Waals surface area contributed by atoms with Crippen LogP contribution >= 0.6 is 11.6 Å². The van der Waals surface area contributed by atoms with Crippen LogP contribution in [0.3, 0.4) is 0 Å². The number of nitrogens with one attached hydrogen (secondary N) is 1. The molecule has 0 fully saturated rings. The van der Waals surface area contributed by atoms with Crippen LogP contribution in [0.15, 0.2) is 48.5 Å². The van der Waals surface area contributed by atoms with E-state index in [2.05, 4.69) is 5.32 Å². The standard InChI is InChI=1S/C26H36ClN3O5S/c1-5-6-16-28-26(32)20(2)29(19-21-11-7-8-14-24(21)27)25(31)15-10-17-30(36(4,33)34)22-12-9-13-23(18-22)35-3/h7-9,11-14,18,20H,5-6,10,15-17,19H2,1-4H3,(H,28,32). The summed E-state index contributed by atoms with van der Waals surface area (Å²) in [5, 5.41) is 3.39. The van der Waals surface area contributed by atoms with E-state index in [1.54, 1.807) is 43.3 Å². The monoisotopic (exact) mass is 537 g/mol. The molecule has 1 N–H and O–H groups in total. The molecule has 0 spiro atoms. The van der Waals surface area contributed by atoms with E-state index in [0.717, 1.165) is 24.7 Å². The molecule has 1 atom stereocenters. The summed E-state index contributed by atoms with van der Waals surface area (Å²) >= 11 is 6.33. The van der Waals surface area contributed by atoms with Crippen LogP contribution in [-0.4, -0.2) is 57.6 Å². The van der Waals surface area contributed by atoms with E-state index in [0.29, 0.717) is 23.0 Å². The van der Waals surface area contributed by atoms with E-state index in [1.807, 2.05) is 19.1 Å². The Morgan fingerprint density at radius 3 is 2.47 bits per heavy atom. The molecule has 8 nitrogen and oxygen atoms in total. The molecule has 198 valence electrons. The van der Waals surface area contributed by atoms with Gasteiger partial charge in [0.15, 0.2) is 0 Å². The zero-order chi connectivity index (χ0) is 26.7. The molecule has 10 heteroatoms. The quantitative estimate of drug-likeness (QED) is 0.364.